The van der Waals surface area contributed by atoms with Crippen LogP contribution >= 0.6 is 0 Å². The summed E-state index contributed by atoms with van der Waals surface area (Å²) in [5, 5.41) is 12.0. The third-order valence-electron chi connectivity index (χ3n) is 3.01. The fourth-order valence-electron chi connectivity index (χ4n) is 1.95. The van der Waals surface area contributed by atoms with Crippen LogP contribution in [0.25, 0.3) is 11.4 Å². The number of pyridine rings is 1. The van der Waals surface area contributed by atoms with Crippen LogP contribution in [0, 0.1) is 0 Å². The number of nitrogens with zero attached hydrogens (tertiary/aromatic N) is 6. The van der Waals surface area contributed by atoms with E-state index in [0.717, 1.165) is 5.56 Å². The van der Waals surface area contributed by atoms with Crippen LogP contribution in [-0.2, 0) is 16.1 Å². The number of morpholine rings is 1. The molecule has 0 spiro atoms. The molecule has 1 amide bonds. The maximum absolute atomic E-state index is 12.0. The molecule has 0 radical (unpaired) electrons. The van der Waals surface area contributed by atoms with Crippen molar-refractivity contribution < 1.29 is 9.53 Å². The van der Waals surface area contributed by atoms with Gasteiger partial charge < -0.3 is 9.64 Å². The predicted molar refractivity (Wildman–Crippen MR) is 68.4 cm³/mol. The molecule has 2 aromatic rings. The average molecular weight is 274 g/mol. The van der Waals surface area contributed by atoms with Gasteiger partial charge in [0, 0.05) is 31.0 Å². The Morgan fingerprint density at radius 2 is 2.20 bits per heavy atom. The predicted octanol–water partition coefficient (Wildman–Crippen LogP) is -0.406. The largest absolute Gasteiger partial charge is 0.378 e. The van der Waals surface area contributed by atoms with Crippen LogP contribution in [0.5, 0.6) is 0 Å². The summed E-state index contributed by atoms with van der Waals surface area (Å²) in [7, 11) is 0. The minimum atomic E-state index is -0.0246. The number of rotatable bonds is 3. The third-order valence-corrected chi connectivity index (χ3v) is 3.01. The number of amides is 1. The van der Waals surface area contributed by atoms with Gasteiger partial charge in [0.05, 0.1) is 13.2 Å². The van der Waals surface area contributed by atoms with E-state index in [0.29, 0.717) is 32.1 Å². The standard InChI is InChI=1S/C12H14N6O2/c19-11(17-4-6-20-7-5-17)9-18-15-12(14-16-18)10-2-1-3-13-8-10/h1-3,8H,4-7,9H2. The van der Waals surface area contributed by atoms with E-state index in [-0.39, 0.29) is 12.5 Å². The highest BCUT2D eigenvalue weighted by atomic mass is 16.5. The second-order valence-electron chi connectivity index (χ2n) is 4.38. The number of ether oxygens (including phenoxy) is 1. The molecule has 0 bridgehead atoms. The maximum atomic E-state index is 12.0. The molecule has 3 heterocycles. The van der Waals surface area contributed by atoms with Gasteiger partial charge in [0.2, 0.25) is 11.7 Å². The minimum Gasteiger partial charge on any atom is -0.378 e. The zero-order valence-electron chi connectivity index (χ0n) is 10.8. The summed E-state index contributed by atoms with van der Waals surface area (Å²) in [5.41, 5.74) is 0.776. The molecule has 2 aromatic heterocycles. The summed E-state index contributed by atoms with van der Waals surface area (Å²) in [4.78, 5) is 19.1. The van der Waals surface area contributed by atoms with E-state index in [1.807, 2.05) is 6.07 Å². The van der Waals surface area contributed by atoms with Crippen molar-refractivity contribution in [1.82, 2.24) is 30.1 Å². The Morgan fingerprint density at radius 3 is 2.95 bits per heavy atom. The summed E-state index contributed by atoms with van der Waals surface area (Å²) < 4.78 is 5.21. The van der Waals surface area contributed by atoms with Crippen LogP contribution in [0.4, 0.5) is 0 Å². The first-order chi connectivity index (χ1) is 9.83. The molecule has 1 saturated heterocycles. The summed E-state index contributed by atoms with van der Waals surface area (Å²) >= 11 is 0. The number of tetrazole rings is 1. The summed E-state index contributed by atoms with van der Waals surface area (Å²) in [6.07, 6.45) is 3.33. The van der Waals surface area contributed by atoms with Gasteiger partial charge in [-0.05, 0) is 17.3 Å². The van der Waals surface area contributed by atoms with Crippen LogP contribution in [0.1, 0.15) is 0 Å². The number of hydrogen-bond acceptors (Lipinski definition) is 6. The van der Waals surface area contributed by atoms with E-state index in [9.17, 15) is 4.79 Å². The lowest BCUT2D eigenvalue weighted by Gasteiger charge is -2.26. The van der Waals surface area contributed by atoms with E-state index in [1.54, 1.807) is 23.4 Å². The molecule has 0 unspecified atom stereocenters. The monoisotopic (exact) mass is 274 g/mol. The van der Waals surface area contributed by atoms with Crippen molar-refractivity contribution >= 4 is 5.91 Å². The van der Waals surface area contributed by atoms with Gasteiger partial charge in [-0.1, -0.05) is 0 Å². The maximum Gasteiger partial charge on any atom is 0.246 e. The van der Waals surface area contributed by atoms with Crippen LogP contribution in [0.2, 0.25) is 0 Å². The van der Waals surface area contributed by atoms with Crippen LogP contribution in [0.15, 0.2) is 24.5 Å². The van der Waals surface area contributed by atoms with Crippen molar-refractivity contribution in [2.24, 2.45) is 0 Å². The number of hydrogen-bond donors (Lipinski definition) is 0. The fraction of sp³-hybridized carbons (Fsp3) is 0.417. The Morgan fingerprint density at radius 1 is 1.35 bits per heavy atom. The van der Waals surface area contributed by atoms with Crippen LogP contribution in [0.3, 0.4) is 0 Å². The molecule has 1 aliphatic rings. The second kappa shape index (κ2) is 5.74. The molecule has 3 rings (SSSR count). The van der Waals surface area contributed by atoms with Gasteiger partial charge in [-0.25, -0.2) is 0 Å². The Hall–Kier alpha value is -2.35. The van der Waals surface area contributed by atoms with E-state index < -0.39 is 0 Å². The zero-order chi connectivity index (χ0) is 13.8. The van der Waals surface area contributed by atoms with Crippen molar-refractivity contribution in [3.63, 3.8) is 0 Å². The summed E-state index contributed by atoms with van der Waals surface area (Å²) in [6, 6.07) is 3.65. The molecular formula is C12H14N6O2. The molecule has 8 nitrogen and oxygen atoms in total. The third kappa shape index (κ3) is 2.80. The average Bonchev–Trinajstić information content (AvgIpc) is 2.97. The fourth-order valence-corrected chi connectivity index (χ4v) is 1.95. The van der Waals surface area contributed by atoms with Gasteiger partial charge in [0.25, 0.3) is 0 Å². The van der Waals surface area contributed by atoms with Crippen LogP contribution in [-0.4, -0.2) is 62.3 Å². The van der Waals surface area contributed by atoms with E-state index in [2.05, 4.69) is 20.4 Å². The van der Waals surface area contributed by atoms with Gasteiger partial charge in [-0.2, -0.15) is 4.80 Å². The van der Waals surface area contributed by atoms with E-state index >= 15 is 0 Å². The lowest BCUT2D eigenvalue weighted by atomic mass is 10.3. The first kappa shape index (κ1) is 12.7. The Bertz CT molecular complexity index is 579. The van der Waals surface area contributed by atoms with Gasteiger partial charge in [-0.3, -0.25) is 9.78 Å². The zero-order valence-corrected chi connectivity index (χ0v) is 10.8. The molecule has 20 heavy (non-hydrogen) atoms. The van der Waals surface area contributed by atoms with Crippen molar-refractivity contribution in [3.8, 4) is 11.4 Å². The molecule has 8 heteroatoms. The Kier molecular flexibility index (Phi) is 3.64. The number of aromatic nitrogens is 5. The van der Waals surface area contributed by atoms with Gasteiger partial charge >= 0.3 is 0 Å². The second-order valence-corrected chi connectivity index (χ2v) is 4.38. The summed E-state index contributed by atoms with van der Waals surface area (Å²) in [5.74, 6) is 0.441. The highest BCUT2D eigenvalue weighted by molar-refractivity contribution is 5.75. The SMILES string of the molecule is O=C(Cn1nnc(-c2cccnc2)n1)N1CCOCC1. The molecule has 0 atom stereocenters. The normalized spacial score (nSPS) is 15.3. The number of carbonyl (C=O) groups excluding carboxylic acids is 1. The molecule has 0 saturated carbocycles. The lowest BCUT2D eigenvalue weighted by molar-refractivity contribution is -0.136. The highest BCUT2D eigenvalue weighted by Gasteiger charge is 2.18. The molecule has 1 fully saturated rings. The quantitative estimate of drug-likeness (QED) is 0.756. The van der Waals surface area contributed by atoms with E-state index in [1.165, 1.54) is 4.80 Å². The Labute approximate surface area is 115 Å². The first-order valence-electron chi connectivity index (χ1n) is 6.36. The first-order valence-corrected chi connectivity index (χ1v) is 6.36. The number of carbonyl (C=O) groups is 1. The van der Waals surface area contributed by atoms with E-state index in [4.69, 9.17) is 4.74 Å². The smallest absolute Gasteiger partial charge is 0.246 e. The molecule has 0 aliphatic carbocycles. The van der Waals surface area contributed by atoms with Crippen molar-refractivity contribution in [2.75, 3.05) is 26.3 Å². The minimum absolute atomic E-state index is 0.0246. The highest BCUT2D eigenvalue weighted by Crippen LogP contribution is 2.10. The molecular weight excluding hydrogens is 260 g/mol. The van der Waals surface area contributed by atoms with Crippen LogP contribution < -0.4 is 0 Å². The van der Waals surface area contributed by atoms with Gasteiger partial charge in [-0.15, -0.1) is 10.2 Å². The van der Waals surface area contributed by atoms with Gasteiger partial charge in [0.15, 0.2) is 0 Å². The van der Waals surface area contributed by atoms with Crippen molar-refractivity contribution in [3.05, 3.63) is 24.5 Å². The van der Waals surface area contributed by atoms with Gasteiger partial charge in [0.1, 0.15) is 6.54 Å². The molecule has 104 valence electrons. The Balaban J connectivity index is 1.66. The van der Waals surface area contributed by atoms with Crippen molar-refractivity contribution in [2.45, 2.75) is 6.54 Å². The lowest BCUT2D eigenvalue weighted by Crippen LogP contribution is -2.42. The summed E-state index contributed by atoms with van der Waals surface area (Å²) in [6.45, 7) is 2.48. The van der Waals surface area contributed by atoms with Crippen molar-refractivity contribution in [1.29, 1.82) is 0 Å². The molecule has 0 aromatic carbocycles. The molecule has 0 N–H and O–H groups in total. The molecule has 1 aliphatic heterocycles. The topological polar surface area (TPSA) is 86.0 Å².